The lowest BCUT2D eigenvalue weighted by molar-refractivity contribution is 0.212. The van der Waals surface area contributed by atoms with E-state index in [1.165, 1.54) is 6.07 Å². The molecule has 0 aliphatic rings. The second-order valence-corrected chi connectivity index (χ2v) is 4.81. The minimum atomic E-state index is -0.262. The minimum absolute atomic E-state index is 0.210. The van der Waals surface area contributed by atoms with Crippen molar-refractivity contribution in [1.82, 2.24) is 0 Å². The van der Waals surface area contributed by atoms with Crippen molar-refractivity contribution in [2.24, 2.45) is 5.73 Å². The van der Waals surface area contributed by atoms with Gasteiger partial charge in [-0.2, -0.15) is 0 Å². The highest BCUT2D eigenvalue weighted by molar-refractivity contribution is 5.34. The van der Waals surface area contributed by atoms with Crippen LogP contribution in [0.5, 0.6) is 5.75 Å². The minimum Gasteiger partial charge on any atom is -0.484 e. The van der Waals surface area contributed by atoms with Gasteiger partial charge in [-0.1, -0.05) is 31.2 Å². The summed E-state index contributed by atoms with van der Waals surface area (Å²) in [4.78, 5) is 0. The lowest BCUT2D eigenvalue weighted by Crippen LogP contribution is -2.19. The quantitative estimate of drug-likeness (QED) is 0.900. The Labute approximate surface area is 119 Å². The van der Waals surface area contributed by atoms with Crippen molar-refractivity contribution in [3.8, 4) is 5.75 Å². The molecule has 20 heavy (non-hydrogen) atoms. The molecular formula is C17H20FNO. The average molecular weight is 273 g/mol. The first-order chi connectivity index (χ1) is 9.65. The maximum atomic E-state index is 13.3. The monoisotopic (exact) mass is 273 g/mol. The van der Waals surface area contributed by atoms with Crippen LogP contribution in [0.2, 0.25) is 0 Å². The molecule has 1 atom stereocenters. The SMILES string of the molecule is CCc1ccccc1OC(CN)c1ccc(F)c(C)c1. The second-order valence-electron chi connectivity index (χ2n) is 4.81. The largest absolute Gasteiger partial charge is 0.484 e. The number of nitrogens with two attached hydrogens (primary N) is 1. The van der Waals surface area contributed by atoms with Crippen LogP contribution in [0, 0.1) is 12.7 Å². The Morgan fingerprint density at radius 3 is 2.60 bits per heavy atom. The van der Waals surface area contributed by atoms with Gasteiger partial charge in [-0.15, -0.1) is 0 Å². The highest BCUT2D eigenvalue weighted by Gasteiger charge is 2.14. The third kappa shape index (κ3) is 3.17. The molecule has 0 fully saturated rings. The van der Waals surface area contributed by atoms with Crippen LogP contribution in [0.1, 0.15) is 29.7 Å². The van der Waals surface area contributed by atoms with E-state index in [9.17, 15) is 4.39 Å². The molecule has 2 aromatic carbocycles. The summed E-state index contributed by atoms with van der Waals surface area (Å²) in [5.41, 5.74) is 8.46. The van der Waals surface area contributed by atoms with Crippen molar-refractivity contribution in [3.05, 3.63) is 65.0 Å². The Kier molecular flexibility index (Phi) is 4.74. The fraction of sp³-hybridized carbons (Fsp3) is 0.294. The summed E-state index contributed by atoms with van der Waals surface area (Å²) in [7, 11) is 0. The lowest BCUT2D eigenvalue weighted by atomic mass is 10.1. The van der Waals surface area contributed by atoms with Gasteiger partial charge in [0.25, 0.3) is 0 Å². The maximum Gasteiger partial charge on any atom is 0.136 e. The maximum absolute atomic E-state index is 13.3. The first-order valence-electron chi connectivity index (χ1n) is 6.86. The molecule has 2 rings (SSSR count). The standard InChI is InChI=1S/C17H20FNO/c1-3-13-6-4-5-7-16(13)20-17(11-19)14-8-9-15(18)12(2)10-14/h4-10,17H,3,11,19H2,1-2H3. The zero-order chi connectivity index (χ0) is 14.5. The van der Waals surface area contributed by atoms with Crippen molar-refractivity contribution < 1.29 is 9.13 Å². The molecule has 0 saturated heterocycles. The summed E-state index contributed by atoms with van der Waals surface area (Å²) in [6.07, 6.45) is 0.637. The van der Waals surface area contributed by atoms with E-state index in [0.29, 0.717) is 12.1 Å². The molecule has 3 heteroatoms. The summed E-state index contributed by atoms with van der Waals surface area (Å²) < 4.78 is 19.4. The molecule has 0 spiro atoms. The molecular weight excluding hydrogens is 253 g/mol. The van der Waals surface area contributed by atoms with Crippen LogP contribution < -0.4 is 10.5 Å². The van der Waals surface area contributed by atoms with E-state index in [1.54, 1.807) is 19.1 Å². The first-order valence-corrected chi connectivity index (χ1v) is 6.86. The molecule has 106 valence electrons. The number of para-hydroxylation sites is 1. The molecule has 1 unspecified atom stereocenters. The van der Waals surface area contributed by atoms with Gasteiger partial charge in [-0.3, -0.25) is 0 Å². The Morgan fingerprint density at radius 2 is 1.95 bits per heavy atom. The number of rotatable bonds is 5. The molecule has 0 aliphatic heterocycles. The molecule has 0 radical (unpaired) electrons. The molecule has 0 amide bonds. The van der Waals surface area contributed by atoms with E-state index in [1.807, 2.05) is 24.3 Å². The van der Waals surface area contributed by atoms with Crippen LogP contribution in [0.15, 0.2) is 42.5 Å². The third-order valence-corrected chi connectivity index (χ3v) is 3.39. The van der Waals surface area contributed by atoms with Crippen molar-refractivity contribution >= 4 is 0 Å². The van der Waals surface area contributed by atoms with Crippen molar-refractivity contribution in [3.63, 3.8) is 0 Å². The van der Waals surface area contributed by atoms with Gasteiger partial charge in [0.1, 0.15) is 17.7 Å². The Balaban J connectivity index is 2.26. The van der Waals surface area contributed by atoms with Crippen LogP contribution in [-0.4, -0.2) is 6.54 Å². The predicted molar refractivity (Wildman–Crippen MR) is 79.4 cm³/mol. The highest BCUT2D eigenvalue weighted by Crippen LogP contribution is 2.26. The summed E-state index contributed by atoms with van der Waals surface area (Å²) in [6.45, 7) is 4.18. The van der Waals surface area contributed by atoms with Gasteiger partial charge in [-0.05, 0) is 48.2 Å². The molecule has 0 saturated carbocycles. The van der Waals surface area contributed by atoms with Gasteiger partial charge in [0.15, 0.2) is 0 Å². The van der Waals surface area contributed by atoms with Crippen LogP contribution in [0.3, 0.4) is 0 Å². The number of halogens is 1. The Hall–Kier alpha value is -1.87. The van der Waals surface area contributed by atoms with Crippen LogP contribution in [0.25, 0.3) is 0 Å². The van der Waals surface area contributed by atoms with Crippen molar-refractivity contribution in [2.45, 2.75) is 26.4 Å². The molecule has 2 nitrogen and oxygen atoms in total. The van der Waals surface area contributed by atoms with Gasteiger partial charge in [0.2, 0.25) is 0 Å². The first kappa shape index (κ1) is 14.5. The Morgan fingerprint density at radius 1 is 1.20 bits per heavy atom. The van der Waals surface area contributed by atoms with Crippen molar-refractivity contribution in [1.29, 1.82) is 0 Å². The Bertz CT molecular complexity index is 583. The lowest BCUT2D eigenvalue weighted by Gasteiger charge is -2.20. The fourth-order valence-electron chi connectivity index (χ4n) is 2.18. The third-order valence-electron chi connectivity index (χ3n) is 3.39. The number of ether oxygens (including phenoxy) is 1. The van der Waals surface area contributed by atoms with Gasteiger partial charge in [-0.25, -0.2) is 4.39 Å². The number of hydrogen-bond acceptors (Lipinski definition) is 2. The van der Waals surface area contributed by atoms with Crippen LogP contribution >= 0.6 is 0 Å². The molecule has 0 heterocycles. The van der Waals surface area contributed by atoms with E-state index >= 15 is 0 Å². The smallest absolute Gasteiger partial charge is 0.136 e. The fourth-order valence-corrected chi connectivity index (χ4v) is 2.18. The van der Waals surface area contributed by atoms with Gasteiger partial charge in [0, 0.05) is 6.54 Å². The molecule has 2 N–H and O–H groups in total. The molecule has 0 aliphatic carbocycles. The van der Waals surface area contributed by atoms with E-state index in [0.717, 1.165) is 23.3 Å². The van der Waals surface area contributed by atoms with Crippen molar-refractivity contribution in [2.75, 3.05) is 6.54 Å². The van der Waals surface area contributed by atoms with E-state index in [4.69, 9.17) is 10.5 Å². The predicted octanol–water partition coefficient (Wildman–Crippen LogP) is 3.78. The van der Waals surface area contributed by atoms with E-state index in [2.05, 4.69) is 6.92 Å². The van der Waals surface area contributed by atoms with Gasteiger partial charge >= 0.3 is 0 Å². The summed E-state index contributed by atoms with van der Waals surface area (Å²) in [6, 6.07) is 12.9. The highest BCUT2D eigenvalue weighted by atomic mass is 19.1. The van der Waals surface area contributed by atoms with E-state index < -0.39 is 0 Å². The number of aryl methyl sites for hydroxylation is 2. The number of hydrogen-bond donors (Lipinski definition) is 1. The van der Waals surface area contributed by atoms with Gasteiger partial charge in [0.05, 0.1) is 0 Å². The molecule has 0 bridgehead atoms. The van der Waals surface area contributed by atoms with Gasteiger partial charge < -0.3 is 10.5 Å². The summed E-state index contributed by atoms with van der Waals surface area (Å²) in [5, 5.41) is 0. The summed E-state index contributed by atoms with van der Waals surface area (Å²) >= 11 is 0. The zero-order valence-electron chi connectivity index (χ0n) is 11.9. The van der Waals surface area contributed by atoms with Crippen LogP contribution in [-0.2, 0) is 6.42 Å². The average Bonchev–Trinajstić information content (AvgIpc) is 2.48. The van der Waals surface area contributed by atoms with Crippen LogP contribution in [0.4, 0.5) is 4.39 Å². The molecule has 0 aromatic heterocycles. The number of benzene rings is 2. The topological polar surface area (TPSA) is 35.2 Å². The normalized spacial score (nSPS) is 12.2. The second kappa shape index (κ2) is 6.53. The zero-order valence-corrected chi connectivity index (χ0v) is 11.9. The summed E-state index contributed by atoms with van der Waals surface area (Å²) in [5.74, 6) is 0.630. The molecule has 2 aromatic rings. The van der Waals surface area contributed by atoms with E-state index in [-0.39, 0.29) is 11.9 Å².